The number of carboxylic acids is 1. The molecule has 3 atom stereocenters. The van der Waals surface area contributed by atoms with Crippen LogP contribution in [0.1, 0.15) is 45.4 Å². The van der Waals surface area contributed by atoms with E-state index in [1.165, 1.54) is 25.7 Å². The highest BCUT2D eigenvalue weighted by atomic mass is 16.5. The average molecular weight is 284 g/mol. The van der Waals surface area contributed by atoms with Gasteiger partial charge >= 0.3 is 12.0 Å². The van der Waals surface area contributed by atoms with Crippen LogP contribution in [0.4, 0.5) is 4.79 Å². The molecule has 1 heterocycles. The number of rotatable bonds is 5. The first-order valence-corrected chi connectivity index (χ1v) is 7.49. The molecule has 6 nitrogen and oxygen atoms in total. The van der Waals surface area contributed by atoms with E-state index in [1.807, 2.05) is 6.92 Å². The largest absolute Gasteiger partial charge is 0.479 e. The number of amides is 2. The quantitative estimate of drug-likeness (QED) is 0.714. The third-order valence-electron chi connectivity index (χ3n) is 4.34. The van der Waals surface area contributed by atoms with Gasteiger partial charge in [0.1, 0.15) is 0 Å². The zero-order valence-electron chi connectivity index (χ0n) is 11.9. The monoisotopic (exact) mass is 284 g/mol. The van der Waals surface area contributed by atoms with E-state index in [0.717, 1.165) is 0 Å². The first kappa shape index (κ1) is 15.1. The van der Waals surface area contributed by atoms with Crippen LogP contribution in [0.5, 0.6) is 0 Å². The molecule has 0 radical (unpaired) electrons. The van der Waals surface area contributed by atoms with Gasteiger partial charge in [-0.15, -0.1) is 0 Å². The van der Waals surface area contributed by atoms with E-state index in [0.29, 0.717) is 25.3 Å². The molecular weight excluding hydrogens is 260 g/mol. The Morgan fingerprint density at radius 2 is 1.95 bits per heavy atom. The molecule has 1 aliphatic heterocycles. The van der Waals surface area contributed by atoms with E-state index in [-0.39, 0.29) is 18.2 Å². The minimum atomic E-state index is -0.924. The van der Waals surface area contributed by atoms with Crippen molar-refractivity contribution in [3.63, 3.8) is 0 Å². The van der Waals surface area contributed by atoms with Gasteiger partial charge in [-0.2, -0.15) is 0 Å². The summed E-state index contributed by atoms with van der Waals surface area (Å²) in [6.45, 7) is 2.41. The molecule has 1 saturated carbocycles. The van der Waals surface area contributed by atoms with Crippen molar-refractivity contribution in [2.24, 2.45) is 5.92 Å². The molecule has 2 fully saturated rings. The number of hydrogen-bond donors (Lipinski definition) is 3. The molecule has 3 N–H and O–H groups in total. The lowest BCUT2D eigenvalue weighted by atomic mass is 10.0. The van der Waals surface area contributed by atoms with Gasteiger partial charge in [0.25, 0.3) is 0 Å². The van der Waals surface area contributed by atoms with Crippen LogP contribution in [0.2, 0.25) is 0 Å². The minimum Gasteiger partial charge on any atom is -0.479 e. The third-order valence-corrected chi connectivity index (χ3v) is 4.34. The number of ether oxygens (including phenoxy) is 1. The Bertz CT molecular complexity index is 355. The van der Waals surface area contributed by atoms with E-state index < -0.39 is 12.1 Å². The van der Waals surface area contributed by atoms with E-state index in [9.17, 15) is 9.59 Å². The van der Waals surface area contributed by atoms with Crippen LogP contribution in [-0.4, -0.2) is 41.9 Å². The molecule has 0 bridgehead atoms. The van der Waals surface area contributed by atoms with E-state index in [2.05, 4.69) is 10.6 Å². The van der Waals surface area contributed by atoms with Gasteiger partial charge in [0, 0.05) is 12.6 Å². The summed E-state index contributed by atoms with van der Waals surface area (Å²) in [6, 6.07) is 0.000500. The van der Waals surface area contributed by atoms with Crippen molar-refractivity contribution < 1.29 is 19.4 Å². The molecule has 0 aromatic heterocycles. The zero-order chi connectivity index (χ0) is 14.5. The Balaban J connectivity index is 1.64. The molecule has 1 saturated heterocycles. The van der Waals surface area contributed by atoms with E-state index >= 15 is 0 Å². The molecule has 2 amide bonds. The number of aliphatic carboxylic acids is 1. The number of carbonyl (C=O) groups is 2. The van der Waals surface area contributed by atoms with Crippen molar-refractivity contribution >= 4 is 12.0 Å². The Labute approximate surface area is 119 Å². The maximum Gasteiger partial charge on any atom is 0.332 e. The number of carboxylic acid groups (broad SMARTS) is 1. The fraction of sp³-hybridized carbons (Fsp3) is 0.857. The van der Waals surface area contributed by atoms with Crippen molar-refractivity contribution in [1.82, 2.24) is 10.6 Å². The fourth-order valence-electron chi connectivity index (χ4n) is 3.08. The van der Waals surface area contributed by atoms with Crippen molar-refractivity contribution in [3.05, 3.63) is 0 Å². The number of urea groups is 1. The number of carbonyl (C=O) groups excluding carboxylic acids is 1. The second kappa shape index (κ2) is 6.92. The summed E-state index contributed by atoms with van der Waals surface area (Å²) in [4.78, 5) is 22.5. The molecule has 20 heavy (non-hydrogen) atoms. The smallest absolute Gasteiger partial charge is 0.332 e. The predicted molar refractivity (Wildman–Crippen MR) is 73.5 cm³/mol. The highest BCUT2D eigenvalue weighted by molar-refractivity contribution is 5.74. The topological polar surface area (TPSA) is 87.7 Å². The minimum absolute atomic E-state index is 0.188. The Kier molecular flexibility index (Phi) is 5.23. The molecule has 114 valence electrons. The summed E-state index contributed by atoms with van der Waals surface area (Å²) in [5.41, 5.74) is 0. The number of hydrogen-bond acceptors (Lipinski definition) is 3. The maximum atomic E-state index is 11.8. The first-order chi connectivity index (χ1) is 9.56. The lowest BCUT2D eigenvalue weighted by Gasteiger charge is -2.21. The van der Waals surface area contributed by atoms with E-state index in [1.54, 1.807) is 0 Å². The van der Waals surface area contributed by atoms with Gasteiger partial charge in [-0.25, -0.2) is 9.59 Å². The number of nitrogens with one attached hydrogen (secondary N) is 2. The van der Waals surface area contributed by atoms with Crippen molar-refractivity contribution in [3.8, 4) is 0 Å². The molecule has 2 aliphatic rings. The maximum absolute atomic E-state index is 11.8. The van der Waals surface area contributed by atoms with Crippen LogP contribution >= 0.6 is 0 Å². The van der Waals surface area contributed by atoms with Crippen LogP contribution in [0.15, 0.2) is 0 Å². The fourth-order valence-corrected chi connectivity index (χ4v) is 3.08. The van der Waals surface area contributed by atoms with Gasteiger partial charge in [0.05, 0.1) is 6.10 Å². The summed E-state index contributed by atoms with van der Waals surface area (Å²) in [5.74, 6) is -0.341. The second-order valence-corrected chi connectivity index (χ2v) is 5.85. The highest BCUT2D eigenvalue weighted by Gasteiger charge is 2.30. The van der Waals surface area contributed by atoms with Crippen molar-refractivity contribution in [2.75, 3.05) is 6.54 Å². The van der Waals surface area contributed by atoms with Gasteiger partial charge in [0.2, 0.25) is 0 Å². The normalized spacial score (nSPS) is 28.2. The Morgan fingerprint density at radius 1 is 1.25 bits per heavy atom. The summed E-state index contributed by atoms with van der Waals surface area (Å²) >= 11 is 0. The third kappa shape index (κ3) is 4.10. The molecule has 1 aliphatic carbocycles. The summed E-state index contributed by atoms with van der Waals surface area (Å²) in [6.07, 6.45) is 5.17. The van der Waals surface area contributed by atoms with Crippen molar-refractivity contribution in [1.29, 1.82) is 0 Å². The molecular formula is C14H24N2O4. The van der Waals surface area contributed by atoms with Crippen LogP contribution < -0.4 is 10.6 Å². The average Bonchev–Trinajstić information content (AvgIpc) is 3.07. The van der Waals surface area contributed by atoms with E-state index in [4.69, 9.17) is 9.84 Å². The standard InChI is InChI=1S/C14H24N2O4/c1-9(10-4-2-3-5-10)16-14(19)15-8-11-6-7-12(20-11)13(17)18/h9-12H,2-8H2,1H3,(H,17,18)(H2,15,16,19). The van der Waals surface area contributed by atoms with Gasteiger partial charge < -0.3 is 20.5 Å². The Morgan fingerprint density at radius 3 is 2.55 bits per heavy atom. The summed E-state index contributed by atoms with van der Waals surface area (Å²) in [7, 11) is 0. The predicted octanol–water partition coefficient (Wildman–Crippen LogP) is 1.50. The van der Waals surface area contributed by atoms with Crippen LogP contribution in [0.25, 0.3) is 0 Å². The lowest BCUT2D eigenvalue weighted by Crippen LogP contribution is -2.45. The van der Waals surface area contributed by atoms with Gasteiger partial charge in [-0.1, -0.05) is 12.8 Å². The molecule has 3 unspecified atom stereocenters. The Hall–Kier alpha value is -1.30. The molecule has 0 aromatic carbocycles. The molecule has 2 rings (SSSR count). The molecule has 0 aromatic rings. The SMILES string of the molecule is CC(NC(=O)NCC1CCC(C(=O)O)O1)C1CCCC1. The first-order valence-electron chi connectivity index (χ1n) is 7.49. The molecule has 0 spiro atoms. The second-order valence-electron chi connectivity index (χ2n) is 5.85. The van der Waals surface area contributed by atoms with Crippen LogP contribution in [0.3, 0.4) is 0 Å². The molecule has 6 heteroatoms. The van der Waals surface area contributed by atoms with Gasteiger partial charge in [-0.3, -0.25) is 0 Å². The van der Waals surface area contributed by atoms with Crippen LogP contribution in [0, 0.1) is 5.92 Å². The highest BCUT2D eigenvalue weighted by Crippen LogP contribution is 2.27. The van der Waals surface area contributed by atoms with Crippen molar-refractivity contribution in [2.45, 2.75) is 63.7 Å². The zero-order valence-corrected chi connectivity index (χ0v) is 11.9. The summed E-state index contributed by atoms with van der Waals surface area (Å²) < 4.78 is 5.34. The van der Waals surface area contributed by atoms with Gasteiger partial charge in [-0.05, 0) is 38.5 Å². The lowest BCUT2D eigenvalue weighted by molar-refractivity contribution is -0.149. The summed E-state index contributed by atoms with van der Waals surface area (Å²) in [5, 5.41) is 14.6. The van der Waals surface area contributed by atoms with Gasteiger partial charge in [0.15, 0.2) is 6.10 Å². The van der Waals surface area contributed by atoms with Crippen LogP contribution in [-0.2, 0) is 9.53 Å².